The van der Waals surface area contributed by atoms with Gasteiger partial charge in [-0.3, -0.25) is 0 Å². The summed E-state index contributed by atoms with van der Waals surface area (Å²) in [7, 11) is 1.66. The fraction of sp³-hybridized carbons (Fsp3) is 0.261. The van der Waals surface area contributed by atoms with Crippen molar-refractivity contribution in [3.05, 3.63) is 71.0 Å². The third-order valence-electron chi connectivity index (χ3n) is 4.36. The van der Waals surface area contributed by atoms with Crippen LogP contribution in [0, 0.1) is 0 Å². The zero-order valence-electron chi connectivity index (χ0n) is 17.2. The number of unbranched alkanes of at least 4 members (excludes halogenated alkanes) is 1. The molecular weight excluding hydrogens is 432 g/mol. The van der Waals surface area contributed by atoms with Crippen molar-refractivity contribution in [1.29, 1.82) is 0 Å². The molecule has 0 aliphatic rings. The Labute approximate surface area is 190 Å². The van der Waals surface area contributed by atoms with Crippen LogP contribution in [0.5, 0.6) is 11.5 Å². The Morgan fingerprint density at radius 3 is 2.74 bits per heavy atom. The molecule has 8 heteroatoms. The zero-order valence-corrected chi connectivity index (χ0v) is 18.8. The highest BCUT2D eigenvalue weighted by molar-refractivity contribution is 8.00. The number of pyridine rings is 1. The number of aryl methyl sites for hydroxylation is 1. The fourth-order valence-corrected chi connectivity index (χ4v) is 4.34. The van der Waals surface area contributed by atoms with Gasteiger partial charge in [-0.2, -0.15) is 0 Å². The van der Waals surface area contributed by atoms with Crippen molar-refractivity contribution in [2.45, 2.75) is 29.4 Å². The van der Waals surface area contributed by atoms with Gasteiger partial charge in [0.2, 0.25) is 0 Å². The first-order chi connectivity index (χ1) is 15.1. The number of rotatable bonds is 12. The highest BCUT2D eigenvalue weighted by atomic mass is 32.2. The molecule has 0 saturated carbocycles. The summed E-state index contributed by atoms with van der Waals surface area (Å²) in [4.78, 5) is 19.8. The molecule has 31 heavy (non-hydrogen) atoms. The number of aliphatic carboxylic acids is 1. The monoisotopic (exact) mass is 456 g/mol. The molecule has 6 nitrogen and oxygen atoms in total. The van der Waals surface area contributed by atoms with Gasteiger partial charge < -0.3 is 14.6 Å². The summed E-state index contributed by atoms with van der Waals surface area (Å²) in [5, 5.41) is 10.9. The maximum atomic E-state index is 10.9. The summed E-state index contributed by atoms with van der Waals surface area (Å²) in [6.07, 6.45) is 7.17. The second-order valence-corrected chi connectivity index (χ2v) is 8.71. The van der Waals surface area contributed by atoms with Crippen molar-refractivity contribution >= 4 is 35.1 Å². The van der Waals surface area contributed by atoms with E-state index >= 15 is 0 Å². The molecule has 1 N–H and O–H groups in total. The summed E-state index contributed by atoms with van der Waals surface area (Å²) < 4.78 is 12.1. The zero-order chi connectivity index (χ0) is 21.9. The molecule has 1 aromatic carbocycles. The predicted molar refractivity (Wildman–Crippen MR) is 124 cm³/mol. The summed E-state index contributed by atoms with van der Waals surface area (Å²) in [5.74, 6) is 1.08. The van der Waals surface area contributed by atoms with Gasteiger partial charge in [-0.05, 0) is 55.2 Å². The average Bonchev–Trinajstić information content (AvgIpc) is 3.31. The largest absolute Gasteiger partial charge is 0.497 e. The molecule has 0 bridgehead atoms. The summed E-state index contributed by atoms with van der Waals surface area (Å²) in [6.45, 7) is 0.541. The average molecular weight is 457 g/mol. The highest BCUT2D eigenvalue weighted by Gasteiger charge is 2.07. The number of carboxylic acids is 1. The number of carbonyl (C=O) groups is 1. The van der Waals surface area contributed by atoms with Crippen LogP contribution in [0.3, 0.4) is 0 Å². The van der Waals surface area contributed by atoms with Crippen LogP contribution in [0.25, 0.3) is 6.08 Å². The van der Waals surface area contributed by atoms with E-state index in [1.165, 1.54) is 11.6 Å². The Morgan fingerprint density at radius 1 is 1.19 bits per heavy atom. The molecule has 0 fully saturated rings. The Balaban J connectivity index is 1.53. The minimum absolute atomic E-state index is 0.523. The standard InChI is InChI=1S/C23H24N2O4S2/c1-28-19-8-5-17(6-9-19)4-2-3-14-29-21-11-7-18(16-31-23-24-13-15-30-23)25-20(21)10-12-22(26)27/h5-13,15H,2-4,14,16H2,1H3,(H,26,27). The normalized spacial score (nSPS) is 11.0. The number of methoxy groups -OCH3 is 1. The van der Waals surface area contributed by atoms with Gasteiger partial charge in [0.1, 0.15) is 21.5 Å². The molecule has 0 spiro atoms. The van der Waals surface area contributed by atoms with Gasteiger partial charge in [0.25, 0.3) is 0 Å². The molecule has 2 heterocycles. The van der Waals surface area contributed by atoms with E-state index in [0.717, 1.165) is 41.1 Å². The summed E-state index contributed by atoms with van der Waals surface area (Å²) in [5.41, 5.74) is 2.63. The van der Waals surface area contributed by atoms with Crippen LogP contribution in [0.4, 0.5) is 0 Å². The van der Waals surface area contributed by atoms with E-state index in [4.69, 9.17) is 14.6 Å². The minimum Gasteiger partial charge on any atom is -0.497 e. The van der Waals surface area contributed by atoms with E-state index in [-0.39, 0.29) is 0 Å². The topological polar surface area (TPSA) is 81.5 Å². The van der Waals surface area contributed by atoms with Crippen LogP contribution in [0.1, 0.15) is 29.8 Å². The number of hydrogen-bond donors (Lipinski definition) is 1. The van der Waals surface area contributed by atoms with Crippen molar-refractivity contribution in [2.24, 2.45) is 0 Å². The summed E-state index contributed by atoms with van der Waals surface area (Å²) >= 11 is 3.18. The lowest BCUT2D eigenvalue weighted by atomic mass is 10.1. The van der Waals surface area contributed by atoms with E-state index in [1.807, 2.05) is 29.6 Å². The fourth-order valence-electron chi connectivity index (χ4n) is 2.80. The quantitative estimate of drug-likeness (QED) is 0.224. The predicted octanol–water partition coefficient (Wildman–Crippen LogP) is 5.34. The molecule has 2 aromatic heterocycles. The van der Waals surface area contributed by atoms with Gasteiger partial charge in [-0.25, -0.2) is 14.8 Å². The Kier molecular flexibility index (Phi) is 8.93. The van der Waals surface area contributed by atoms with Crippen LogP contribution in [0.15, 0.2) is 58.4 Å². The molecule has 0 unspecified atom stereocenters. The SMILES string of the molecule is COc1ccc(CCCCOc2ccc(CSc3nccs3)nc2C=CC(=O)O)cc1. The number of benzene rings is 1. The van der Waals surface area contributed by atoms with Crippen LogP contribution >= 0.6 is 23.1 Å². The van der Waals surface area contributed by atoms with Crippen molar-refractivity contribution < 1.29 is 19.4 Å². The molecule has 0 atom stereocenters. The van der Waals surface area contributed by atoms with E-state index < -0.39 is 5.97 Å². The number of ether oxygens (including phenoxy) is 2. The van der Waals surface area contributed by atoms with Gasteiger partial charge in [0.05, 0.1) is 19.4 Å². The summed E-state index contributed by atoms with van der Waals surface area (Å²) in [6, 6.07) is 11.8. The van der Waals surface area contributed by atoms with Crippen LogP contribution in [-0.4, -0.2) is 34.8 Å². The highest BCUT2D eigenvalue weighted by Crippen LogP contribution is 2.26. The number of nitrogens with zero attached hydrogens (tertiary/aromatic N) is 2. The second-order valence-electron chi connectivity index (χ2n) is 6.60. The van der Waals surface area contributed by atoms with Gasteiger partial charge in [0, 0.05) is 23.4 Å². The van der Waals surface area contributed by atoms with E-state index in [0.29, 0.717) is 23.8 Å². The molecule has 3 aromatic rings. The number of thiazole rings is 1. The molecule has 0 aliphatic carbocycles. The van der Waals surface area contributed by atoms with Gasteiger partial charge in [0.15, 0.2) is 0 Å². The minimum atomic E-state index is -1.02. The van der Waals surface area contributed by atoms with Gasteiger partial charge >= 0.3 is 5.97 Å². The second kappa shape index (κ2) is 12.1. The number of aromatic nitrogens is 2. The van der Waals surface area contributed by atoms with Gasteiger partial charge in [-0.15, -0.1) is 11.3 Å². The van der Waals surface area contributed by atoms with Crippen molar-refractivity contribution in [2.75, 3.05) is 13.7 Å². The first kappa shape index (κ1) is 22.8. The van der Waals surface area contributed by atoms with Crippen molar-refractivity contribution in [3.8, 4) is 11.5 Å². The van der Waals surface area contributed by atoms with Crippen molar-refractivity contribution in [3.63, 3.8) is 0 Å². The number of thioether (sulfide) groups is 1. The lowest BCUT2D eigenvalue weighted by molar-refractivity contribution is -0.131. The molecule has 3 rings (SSSR count). The maximum Gasteiger partial charge on any atom is 0.328 e. The first-order valence-corrected chi connectivity index (χ1v) is 11.7. The third-order valence-corrected chi connectivity index (χ3v) is 6.36. The van der Waals surface area contributed by atoms with E-state index in [1.54, 1.807) is 36.4 Å². The van der Waals surface area contributed by atoms with Crippen LogP contribution in [-0.2, 0) is 17.0 Å². The first-order valence-electron chi connectivity index (χ1n) is 9.83. The lowest BCUT2D eigenvalue weighted by Gasteiger charge is -2.10. The van der Waals surface area contributed by atoms with Crippen molar-refractivity contribution in [1.82, 2.24) is 9.97 Å². The molecular formula is C23H24N2O4S2. The third kappa shape index (κ3) is 7.73. The smallest absolute Gasteiger partial charge is 0.328 e. The Hall–Kier alpha value is -2.84. The van der Waals surface area contributed by atoms with Crippen LogP contribution in [0.2, 0.25) is 0 Å². The molecule has 0 aliphatic heterocycles. The van der Waals surface area contributed by atoms with Gasteiger partial charge in [-0.1, -0.05) is 23.9 Å². The maximum absolute atomic E-state index is 10.9. The Morgan fingerprint density at radius 2 is 2.03 bits per heavy atom. The lowest BCUT2D eigenvalue weighted by Crippen LogP contribution is -2.02. The number of carboxylic acid groups (broad SMARTS) is 1. The van der Waals surface area contributed by atoms with Crippen LogP contribution < -0.4 is 9.47 Å². The number of hydrogen-bond acceptors (Lipinski definition) is 7. The van der Waals surface area contributed by atoms with E-state index in [9.17, 15) is 4.79 Å². The van der Waals surface area contributed by atoms with E-state index in [2.05, 4.69) is 22.1 Å². The molecule has 0 saturated heterocycles. The molecule has 0 radical (unpaired) electrons. The molecule has 0 amide bonds. The Bertz CT molecular complexity index is 989. The molecule has 162 valence electrons.